The third-order valence-electron chi connectivity index (χ3n) is 1.53. The van der Waals surface area contributed by atoms with E-state index in [1.54, 1.807) is 36.4 Å². The first-order valence-electron chi connectivity index (χ1n) is 4.20. The highest BCUT2D eigenvalue weighted by Gasteiger charge is 2.20. The summed E-state index contributed by atoms with van der Waals surface area (Å²) in [7, 11) is 0. The summed E-state index contributed by atoms with van der Waals surface area (Å²) in [6, 6.07) is 10.3. The van der Waals surface area contributed by atoms with Gasteiger partial charge in [0, 0.05) is 0 Å². The van der Waals surface area contributed by atoms with Gasteiger partial charge in [-0.1, -0.05) is 24.8 Å². The maximum absolute atomic E-state index is 11.1. The van der Waals surface area contributed by atoms with Gasteiger partial charge in [0.05, 0.1) is 6.26 Å². The Morgan fingerprint density at radius 1 is 1.47 bits per heavy atom. The molecule has 0 aliphatic carbocycles. The Hall–Kier alpha value is -2.28. The van der Waals surface area contributed by atoms with Gasteiger partial charge in [-0.3, -0.25) is 0 Å². The van der Waals surface area contributed by atoms with Crippen LogP contribution in [0, 0.1) is 11.3 Å². The van der Waals surface area contributed by atoms with Crippen molar-refractivity contribution in [3.8, 4) is 11.8 Å². The van der Waals surface area contributed by atoms with Crippen LogP contribution in [0.5, 0.6) is 5.75 Å². The Bertz CT molecular complexity index is 381. The Morgan fingerprint density at radius 2 is 2.13 bits per heavy atom. The minimum absolute atomic E-state index is 0.435. The zero-order valence-corrected chi connectivity index (χ0v) is 7.92. The van der Waals surface area contributed by atoms with Crippen molar-refractivity contribution in [2.45, 2.75) is 6.10 Å². The van der Waals surface area contributed by atoms with Crippen LogP contribution in [0.15, 0.2) is 43.2 Å². The standard InChI is InChI=1S/C11H9NO3/c1-2-14-11(13)10(8-12)15-9-6-4-3-5-7-9/h2-7,10H,1H2. The second kappa shape index (κ2) is 5.45. The summed E-state index contributed by atoms with van der Waals surface area (Å²) in [5.41, 5.74) is 0. The zero-order valence-electron chi connectivity index (χ0n) is 7.92. The van der Waals surface area contributed by atoms with Crippen molar-refractivity contribution in [1.82, 2.24) is 0 Å². The average Bonchev–Trinajstić information content (AvgIpc) is 2.27. The van der Waals surface area contributed by atoms with Gasteiger partial charge in [-0.25, -0.2) is 4.79 Å². The minimum Gasteiger partial charge on any atom is -0.464 e. The van der Waals surface area contributed by atoms with E-state index in [4.69, 9.17) is 10.00 Å². The highest BCUT2D eigenvalue weighted by molar-refractivity contribution is 5.78. The second-order valence-corrected chi connectivity index (χ2v) is 2.54. The Balaban J connectivity index is 2.67. The lowest BCUT2D eigenvalue weighted by atomic mass is 10.3. The van der Waals surface area contributed by atoms with Gasteiger partial charge in [0.2, 0.25) is 0 Å². The molecule has 1 atom stereocenters. The predicted octanol–water partition coefficient (Wildman–Crippen LogP) is 1.64. The molecule has 0 fully saturated rings. The van der Waals surface area contributed by atoms with Gasteiger partial charge in [-0.05, 0) is 12.1 Å². The van der Waals surface area contributed by atoms with E-state index in [1.807, 2.05) is 0 Å². The summed E-state index contributed by atoms with van der Waals surface area (Å²) in [5.74, 6) is -0.346. The van der Waals surface area contributed by atoms with E-state index in [-0.39, 0.29) is 0 Å². The summed E-state index contributed by atoms with van der Waals surface area (Å²) >= 11 is 0. The molecular weight excluding hydrogens is 194 g/mol. The summed E-state index contributed by atoms with van der Waals surface area (Å²) in [4.78, 5) is 11.1. The van der Waals surface area contributed by atoms with Crippen molar-refractivity contribution in [2.24, 2.45) is 0 Å². The maximum Gasteiger partial charge on any atom is 0.367 e. The third kappa shape index (κ3) is 3.16. The van der Waals surface area contributed by atoms with Crippen molar-refractivity contribution in [2.75, 3.05) is 0 Å². The van der Waals surface area contributed by atoms with Gasteiger partial charge in [-0.2, -0.15) is 5.26 Å². The molecule has 0 aliphatic rings. The largest absolute Gasteiger partial charge is 0.464 e. The van der Waals surface area contributed by atoms with Crippen molar-refractivity contribution < 1.29 is 14.3 Å². The first kappa shape index (κ1) is 10.8. The summed E-state index contributed by atoms with van der Waals surface area (Å²) in [5, 5.41) is 8.67. The van der Waals surface area contributed by atoms with Gasteiger partial charge in [-0.15, -0.1) is 0 Å². The molecule has 4 nitrogen and oxygen atoms in total. The van der Waals surface area contributed by atoms with E-state index in [9.17, 15) is 4.79 Å². The fourth-order valence-electron chi connectivity index (χ4n) is 0.906. The van der Waals surface area contributed by atoms with Crippen LogP contribution >= 0.6 is 0 Å². The third-order valence-corrected chi connectivity index (χ3v) is 1.53. The Labute approximate surface area is 87.3 Å². The number of hydrogen-bond donors (Lipinski definition) is 0. The topological polar surface area (TPSA) is 59.3 Å². The molecule has 0 amide bonds. The van der Waals surface area contributed by atoms with Gasteiger partial charge in [0.1, 0.15) is 11.8 Å². The summed E-state index contributed by atoms with van der Waals surface area (Å²) < 4.78 is 9.54. The zero-order chi connectivity index (χ0) is 11.1. The smallest absolute Gasteiger partial charge is 0.367 e. The number of benzene rings is 1. The van der Waals surface area contributed by atoms with E-state index >= 15 is 0 Å². The number of ether oxygens (including phenoxy) is 2. The van der Waals surface area contributed by atoms with E-state index in [2.05, 4.69) is 11.3 Å². The number of rotatable bonds is 4. The molecule has 0 spiro atoms. The van der Waals surface area contributed by atoms with Crippen LogP contribution < -0.4 is 4.74 Å². The van der Waals surface area contributed by atoms with E-state index in [1.165, 1.54) is 0 Å². The molecule has 0 heterocycles. The van der Waals surface area contributed by atoms with Crippen molar-refractivity contribution in [3.63, 3.8) is 0 Å². The van der Waals surface area contributed by atoms with Gasteiger partial charge < -0.3 is 9.47 Å². The quantitative estimate of drug-likeness (QED) is 0.551. The molecule has 1 unspecified atom stereocenters. The fourth-order valence-corrected chi connectivity index (χ4v) is 0.906. The highest BCUT2D eigenvalue weighted by Crippen LogP contribution is 2.11. The molecule has 1 aromatic carbocycles. The molecule has 0 bridgehead atoms. The molecule has 0 N–H and O–H groups in total. The highest BCUT2D eigenvalue weighted by atomic mass is 16.6. The normalized spacial score (nSPS) is 10.9. The van der Waals surface area contributed by atoms with Crippen LogP contribution in [0.1, 0.15) is 0 Å². The molecule has 76 valence electrons. The number of carbonyl (C=O) groups excluding carboxylic acids is 1. The summed E-state index contributed by atoms with van der Waals surface area (Å²) in [6.07, 6.45) is -0.313. The fraction of sp³-hybridized carbons (Fsp3) is 0.0909. The molecule has 0 saturated carbocycles. The summed E-state index contributed by atoms with van der Waals surface area (Å²) in [6.45, 7) is 3.22. The van der Waals surface area contributed by atoms with Crippen LogP contribution in [0.2, 0.25) is 0 Å². The van der Waals surface area contributed by atoms with Gasteiger partial charge in [0.25, 0.3) is 6.10 Å². The van der Waals surface area contributed by atoms with Gasteiger partial charge >= 0.3 is 5.97 Å². The number of nitriles is 1. The number of carbonyl (C=O) groups is 1. The molecule has 1 rings (SSSR count). The van der Waals surface area contributed by atoms with Crippen LogP contribution in [-0.2, 0) is 9.53 Å². The van der Waals surface area contributed by atoms with E-state index in [0.717, 1.165) is 6.26 Å². The molecule has 1 aromatic rings. The lowest BCUT2D eigenvalue weighted by molar-refractivity contribution is -0.143. The molecule has 15 heavy (non-hydrogen) atoms. The van der Waals surface area contributed by atoms with Crippen LogP contribution in [0.4, 0.5) is 0 Å². The van der Waals surface area contributed by atoms with Crippen molar-refractivity contribution >= 4 is 5.97 Å². The molecule has 0 saturated heterocycles. The Kier molecular flexibility index (Phi) is 3.92. The van der Waals surface area contributed by atoms with E-state index < -0.39 is 12.1 Å². The lowest BCUT2D eigenvalue weighted by Crippen LogP contribution is -2.26. The van der Waals surface area contributed by atoms with Crippen LogP contribution in [0.3, 0.4) is 0 Å². The monoisotopic (exact) mass is 203 g/mol. The first-order valence-corrected chi connectivity index (χ1v) is 4.20. The number of hydrogen-bond acceptors (Lipinski definition) is 4. The first-order chi connectivity index (χ1) is 7.27. The molecular formula is C11H9NO3. The molecule has 0 aromatic heterocycles. The number of esters is 1. The number of para-hydroxylation sites is 1. The van der Waals surface area contributed by atoms with Crippen LogP contribution in [0.25, 0.3) is 0 Å². The second-order valence-electron chi connectivity index (χ2n) is 2.54. The predicted molar refractivity (Wildman–Crippen MR) is 52.8 cm³/mol. The van der Waals surface area contributed by atoms with Crippen molar-refractivity contribution in [3.05, 3.63) is 43.2 Å². The Morgan fingerprint density at radius 3 is 2.67 bits per heavy atom. The minimum atomic E-state index is -1.27. The van der Waals surface area contributed by atoms with Crippen LogP contribution in [-0.4, -0.2) is 12.1 Å². The van der Waals surface area contributed by atoms with Crippen molar-refractivity contribution in [1.29, 1.82) is 5.26 Å². The SMILES string of the molecule is C=COC(=O)C(C#N)Oc1ccccc1. The molecule has 0 radical (unpaired) electrons. The van der Waals surface area contributed by atoms with Gasteiger partial charge in [0.15, 0.2) is 0 Å². The lowest BCUT2D eigenvalue weighted by Gasteiger charge is -2.09. The maximum atomic E-state index is 11.1. The molecule has 4 heteroatoms. The number of nitrogens with zero attached hydrogens (tertiary/aromatic N) is 1. The van der Waals surface area contributed by atoms with E-state index in [0.29, 0.717) is 5.75 Å². The molecule has 0 aliphatic heterocycles. The average molecular weight is 203 g/mol.